The fourth-order valence-electron chi connectivity index (χ4n) is 0.239. The molecule has 0 fully saturated rings. The molecule has 7 nitrogen and oxygen atoms in total. The van der Waals surface area contributed by atoms with Crippen LogP contribution in [0.4, 0.5) is 26.3 Å². The van der Waals surface area contributed by atoms with Gasteiger partial charge in [0.25, 0.3) is 0 Å². The highest BCUT2D eigenvalue weighted by atomic mass is 32.3. The molecular weight excluding hydrogens is 320 g/mol. The Morgan fingerprint density at radius 1 is 0.889 bits per heavy atom. The van der Waals surface area contributed by atoms with E-state index in [1.807, 2.05) is 0 Å². The van der Waals surface area contributed by atoms with Crippen molar-refractivity contribution in [2.24, 2.45) is 5.73 Å². The van der Waals surface area contributed by atoms with Crippen molar-refractivity contribution in [2.45, 2.75) is 11.0 Å². The molecule has 15 heteroatoms. The van der Waals surface area contributed by atoms with E-state index in [4.69, 9.17) is 5.41 Å². The largest absolute Gasteiger partial charge is 0.512 e. The zero-order valence-electron chi connectivity index (χ0n) is 7.87. The van der Waals surface area contributed by atoms with E-state index in [2.05, 4.69) is 5.73 Å². The first kappa shape index (κ1) is 19.3. The molecule has 0 radical (unpaired) electrons. The summed E-state index contributed by atoms with van der Waals surface area (Å²) in [6.07, 6.45) is 0.750. The van der Waals surface area contributed by atoms with Gasteiger partial charge in [-0.15, -0.1) is 0 Å². The van der Waals surface area contributed by atoms with Crippen molar-refractivity contribution < 1.29 is 43.2 Å². The molecule has 0 aliphatic rings. The minimum atomic E-state index is -6.60. The van der Waals surface area contributed by atoms with Crippen molar-refractivity contribution in [2.75, 3.05) is 0 Å². The van der Waals surface area contributed by atoms with Gasteiger partial charge < -0.3 is 5.73 Å². The second kappa shape index (κ2) is 5.70. The standard InChI is InChI=1S/C2HF6NO4S2.CH4N2/c3-1(4,5)14(10,11)9-15(12,13)2(6,7)8;2-1-3/h9H;1H,(H3,2,3). The predicted octanol–water partition coefficient (Wildman–Crippen LogP) is -0.173. The van der Waals surface area contributed by atoms with Crippen molar-refractivity contribution in [3.05, 3.63) is 0 Å². The van der Waals surface area contributed by atoms with Gasteiger partial charge in [0.15, 0.2) is 0 Å². The number of halogens is 6. The second-order valence-electron chi connectivity index (χ2n) is 2.15. The highest BCUT2D eigenvalue weighted by Crippen LogP contribution is 2.27. The molecule has 0 rings (SSSR count). The normalized spacial score (nSPS) is 13.4. The SMILES string of the molecule is N=CN.O=S(=O)(NS(=O)(=O)C(F)(F)F)C(F)(F)F. The Morgan fingerprint density at radius 3 is 1.17 bits per heavy atom. The number of hydrogen-bond acceptors (Lipinski definition) is 5. The minimum absolute atomic E-state index is 0.493. The lowest BCUT2D eigenvalue weighted by Crippen LogP contribution is -2.45. The summed E-state index contributed by atoms with van der Waals surface area (Å²) in [5.41, 5.74) is -7.91. The van der Waals surface area contributed by atoms with E-state index in [0.29, 0.717) is 0 Å². The van der Waals surface area contributed by atoms with Crippen molar-refractivity contribution in [1.29, 1.82) is 5.41 Å². The molecule has 0 spiro atoms. The predicted molar refractivity (Wildman–Crippen MR) is 46.1 cm³/mol. The van der Waals surface area contributed by atoms with Gasteiger partial charge in [-0.05, 0) is 0 Å². The van der Waals surface area contributed by atoms with Crippen LogP contribution in [0.15, 0.2) is 0 Å². The first-order valence-corrected chi connectivity index (χ1v) is 6.21. The number of nitrogens with one attached hydrogen (secondary N) is 2. The van der Waals surface area contributed by atoms with Crippen LogP contribution >= 0.6 is 0 Å². The van der Waals surface area contributed by atoms with Gasteiger partial charge in [0, 0.05) is 0 Å². The number of nitrogens with two attached hydrogens (primary N) is 1. The maximum atomic E-state index is 11.5. The van der Waals surface area contributed by atoms with Crippen molar-refractivity contribution in [3.63, 3.8) is 0 Å². The Labute approximate surface area is 96.6 Å². The third kappa shape index (κ3) is 5.50. The summed E-state index contributed by atoms with van der Waals surface area (Å²) in [7, 11) is -13.2. The van der Waals surface area contributed by atoms with Gasteiger partial charge in [-0.3, -0.25) is 5.41 Å². The molecule has 0 aromatic heterocycles. The van der Waals surface area contributed by atoms with Gasteiger partial charge in [-0.1, -0.05) is 4.13 Å². The van der Waals surface area contributed by atoms with Crippen LogP contribution in [0, 0.1) is 5.41 Å². The monoisotopic (exact) mass is 325 g/mol. The number of rotatable bonds is 2. The molecule has 0 amide bonds. The van der Waals surface area contributed by atoms with E-state index in [0.717, 1.165) is 6.34 Å². The minimum Gasteiger partial charge on any atom is -0.390 e. The molecule has 0 aromatic rings. The maximum absolute atomic E-state index is 11.5. The average molecular weight is 325 g/mol. The first-order chi connectivity index (χ1) is 7.62. The van der Waals surface area contributed by atoms with Crippen LogP contribution in [0.2, 0.25) is 0 Å². The van der Waals surface area contributed by atoms with E-state index < -0.39 is 35.2 Å². The summed E-state index contributed by atoms with van der Waals surface area (Å²) in [6.45, 7) is 0. The summed E-state index contributed by atoms with van der Waals surface area (Å²) in [5.74, 6) is 0. The van der Waals surface area contributed by atoms with Gasteiger partial charge in [-0.2, -0.15) is 26.3 Å². The molecule has 18 heavy (non-hydrogen) atoms. The Bertz CT molecular complexity index is 433. The fraction of sp³-hybridized carbons (Fsp3) is 0.667. The Morgan fingerprint density at radius 2 is 1.06 bits per heavy atom. The smallest absolute Gasteiger partial charge is 0.390 e. The maximum Gasteiger partial charge on any atom is 0.512 e. The molecule has 0 aromatic carbocycles. The van der Waals surface area contributed by atoms with Crippen LogP contribution in [0.3, 0.4) is 0 Å². The zero-order chi connectivity index (χ0) is 15.4. The number of hydrogen-bond donors (Lipinski definition) is 3. The summed E-state index contributed by atoms with van der Waals surface area (Å²) in [6, 6.07) is 0. The molecule has 0 aliphatic heterocycles. The van der Waals surface area contributed by atoms with E-state index in [9.17, 15) is 43.2 Å². The zero-order valence-corrected chi connectivity index (χ0v) is 9.50. The Balaban J connectivity index is 0. The molecule has 0 aliphatic carbocycles. The van der Waals surface area contributed by atoms with Crippen molar-refractivity contribution in [3.8, 4) is 0 Å². The van der Waals surface area contributed by atoms with E-state index in [1.54, 1.807) is 0 Å². The highest BCUT2D eigenvalue weighted by Gasteiger charge is 2.55. The van der Waals surface area contributed by atoms with E-state index in [1.165, 1.54) is 0 Å². The molecule has 0 unspecified atom stereocenters. The van der Waals surface area contributed by atoms with Crippen LogP contribution in [-0.2, 0) is 20.0 Å². The van der Waals surface area contributed by atoms with Gasteiger partial charge in [-0.25, -0.2) is 16.8 Å². The van der Waals surface area contributed by atoms with E-state index >= 15 is 0 Å². The molecule has 0 saturated carbocycles. The summed E-state index contributed by atoms with van der Waals surface area (Å²) >= 11 is 0. The van der Waals surface area contributed by atoms with Crippen LogP contribution in [0.1, 0.15) is 0 Å². The molecular formula is C3H5F6N3O4S2. The van der Waals surface area contributed by atoms with Crippen LogP contribution in [0.5, 0.6) is 0 Å². The topological polar surface area (TPSA) is 130 Å². The lowest BCUT2D eigenvalue weighted by Gasteiger charge is -2.11. The highest BCUT2D eigenvalue weighted by molar-refractivity contribution is 8.05. The van der Waals surface area contributed by atoms with Crippen LogP contribution in [0.25, 0.3) is 0 Å². The van der Waals surface area contributed by atoms with Gasteiger partial charge in [0.2, 0.25) is 0 Å². The molecule has 0 bridgehead atoms. The van der Waals surface area contributed by atoms with Crippen molar-refractivity contribution >= 4 is 26.4 Å². The average Bonchev–Trinajstić information content (AvgIpc) is 1.98. The fourth-order valence-corrected chi connectivity index (χ4v) is 2.15. The van der Waals surface area contributed by atoms with Gasteiger partial charge in [0.05, 0.1) is 6.34 Å². The quantitative estimate of drug-likeness (QED) is 0.368. The second-order valence-corrected chi connectivity index (χ2v) is 5.75. The third-order valence-electron chi connectivity index (χ3n) is 0.829. The summed E-state index contributed by atoms with van der Waals surface area (Å²) < 4.78 is 108. The number of alkyl halides is 6. The Hall–Kier alpha value is -1.09. The number of sulfonamides is 2. The summed E-state index contributed by atoms with van der Waals surface area (Å²) in [4.78, 5) is 0. The molecule has 110 valence electrons. The lowest BCUT2D eigenvalue weighted by atomic mass is 11.4. The lowest BCUT2D eigenvalue weighted by molar-refractivity contribution is -0.0476. The van der Waals surface area contributed by atoms with Gasteiger partial charge in [0.1, 0.15) is 0 Å². The van der Waals surface area contributed by atoms with Gasteiger partial charge >= 0.3 is 31.1 Å². The molecule has 0 atom stereocenters. The van der Waals surface area contributed by atoms with Crippen LogP contribution in [-0.4, -0.2) is 34.2 Å². The molecule has 0 saturated heterocycles. The Kier molecular flexibility index (Phi) is 6.10. The summed E-state index contributed by atoms with van der Waals surface area (Å²) in [5, 5.41) is 5.86. The molecule has 4 N–H and O–H groups in total. The third-order valence-corrected chi connectivity index (χ3v) is 3.80. The van der Waals surface area contributed by atoms with E-state index in [-0.39, 0.29) is 0 Å². The van der Waals surface area contributed by atoms with Crippen LogP contribution < -0.4 is 9.86 Å². The first-order valence-electron chi connectivity index (χ1n) is 3.24. The molecule has 0 heterocycles. The van der Waals surface area contributed by atoms with Crippen molar-refractivity contribution in [1.82, 2.24) is 4.13 Å².